The molecule has 186 valence electrons. The quantitative estimate of drug-likeness (QED) is 0.256. The topological polar surface area (TPSA) is 75.7 Å². The fourth-order valence-corrected chi connectivity index (χ4v) is 4.95. The van der Waals surface area contributed by atoms with Gasteiger partial charge in [-0.1, -0.05) is 37.1 Å². The number of carbonyl (C=O) groups excluding carboxylic acids is 3. The Balaban J connectivity index is 1.32. The van der Waals surface area contributed by atoms with Crippen LogP contribution < -0.4 is 15.0 Å². The second-order valence-corrected chi connectivity index (χ2v) is 10.2. The van der Waals surface area contributed by atoms with Gasteiger partial charge >= 0.3 is 0 Å². The number of rotatable bonds is 10. The molecule has 0 bridgehead atoms. The Hall–Kier alpha value is -3.29. The molecule has 0 saturated carbocycles. The number of thioether (sulfide) groups is 1. The van der Waals surface area contributed by atoms with Gasteiger partial charge in [-0.15, -0.1) is 11.8 Å². The van der Waals surface area contributed by atoms with Crippen molar-refractivity contribution in [3.63, 3.8) is 0 Å². The molecule has 3 amide bonds. The van der Waals surface area contributed by atoms with Gasteiger partial charge < -0.3 is 10.1 Å². The summed E-state index contributed by atoms with van der Waals surface area (Å²) in [7, 11) is 0. The average molecular weight is 523 g/mol. The minimum atomic E-state index is -0.497. The molecule has 1 atom stereocenters. The zero-order chi connectivity index (χ0) is 25.5. The van der Waals surface area contributed by atoms with Crippen LogP contribution in [0, 0.1) is 0 Å². The minimum absolute atomic E-state index is 0.133. The van der Waals surface area contributed by atoms with E-state index in [1.807, 2.05) is 24.3 Å². The molecule has 4 rings (SSSR count). The standard InChI is InChI=1S/C28H27ClN2O4S/c1-2-3-16-35-23-12-10-22(11-13-23)31-27(33)18-25(28(31)34)36-24-14-8-21(9-15-24)30-26(32)17-19-4-6-20(29)7-5-19/h4-15,25H,2-3,16-18H2,1H3,(H,30,32). The molecule has 3 aromatic carbocycles. The van der Waals surface area contributed by atoms with E-state index in [2.05, 4.69) is 12.2 Å². The van der Waals surface area contributed by atoms with Gasteiger partial charge in [-0.25, -0.2) is 4.90 Å². The highest BCUT2D eigenvalue weighted by Gasteiger charge is 2.40. The van der Waals surface area contributed by atoms with E-state index in [9.17, 15) is 14.4 Å². The zero-order valence-electron chi connectivity index (χ0n) is 19.9. The van der Waals surface area contributed by atoms with Crippen LogP contribution in [0.5, 0.6) is 5.75 Å². The van der Waals surface area contributed by atoms with Gasteiger partial charge in [-0.3, -0.25) is 14.4 Å². The molecule has 0 spiro atoms. The van der Waals surface area contributed by atoms with Crippen molar-refractivity contribution in [3.8, 4) is 5.75 Å². The SMILES string of the molecule is CCCCOc1ccc(N2C(=O)CC(Sc3ccc(NC(=O)Cc4ccc(Cl)cc4)cc3)C2=O)cc1. The highest BCUT2D eigenvalue weighted by atomic mass is 35.5. The smallest absolute Gasteiger partial charge is 0.247 e. The van der Waals surface area contributed by atoms with Crippen LogP contribution in [0.2, 0.25) is 5.02 Å². The highest BCUT2D eigenvalue weighted by Crippen LogP contribution is 2.35. The lowest BCUT2D eigenvalue weighted by Crippen LogP contribution is -2.31. The molecule has 0 aliphatic carbocycles. The van der Waals surface area contributed by atoms with Crippen molar-refractivity contribution in [2.45, 2.75) is 42.8 Å². The first-order valence-electron chi connectivity index (χ1n) is 11.8. The van der Waals surface area contributed by atoms with Crippen LogP contribution in [0.25, 0.3) is 0 Å². The van der Waals surface area contributed by atoms with Crippen LogP contribution in [0.3, 0.4) is 0 Å². The molecule has 1 aliphatic heterocycles. The van der Waals surface area contributed by atoms with Crippen LogP contribution in [-0.4, -0.2) is 29.6 Å². The van der Waals surface area contributed by atoms with Gasteiger partial charge in [-0.05, 0) is 72.6 Å². The lowest BCUT2D eigenvalue weighted by molar-refractivity contribution is -0.121. The lowest BCUT2D eigenvalue weighted by atomic mass is 10.1. The molecule has 8 heteroatoms. The van der Waals surface area contributed by atoms with Crippen molar-refractivity contribution in [1.82, 2.24) is 0 Å². The summed E-state index contributed by atoms with van der Waals surface area (Å²) < 4.78 is 5.66. The van der Waals surface area contributed by atoms with E-state index < -0.39 is 5.25 Å². The summed E-state index contributed by atoms with van der Waals surface area (Å²) in [6.45, 7) is 2.74. The molecule has 1 saturated heterocycles. The molecule has 1 aliphatic rings. The van der Waals surface area contributed by atoms with Crippen molar-refractivity contribution in [1.29, 1.82) is 0 Å². The van der Waals surface area contributed by atoms with Crippen LogP contribution in [-0.2, 0) is 20.8 Å². The maximum absolute atomic E-state index is 13.0. The molecule has 3 aromatic rings. The van der Waals surface area contributed by atoms with Gasteiger partial charge in [0, 0.05) is 22.0 Å². The van der Waals surface area contributed by atoms with Crippen molar-refractivity contribution >= 4 is 52.5 Å². The normalized spacial score (nSPS) is 15.3. The number of imide groups is 1. The maximum atomic E-state index is 13.0. The second kappa shape index (κ2) is 12.1. The van der Waals surface area contributed by atoms with E-state index in [0.717, 1.165) is 29.1 Å². The number of hydrogen-bond donors (Lipinski definition) is 1. The average Bonchev–Trinajstić information content (AvgIpc) is 3.15. The fourth-order valence-electron chi connectivity index (χ4n) is 3.77. The predicted octanol–water partition coefficient (Wildman–Crippen LogP) is 6.12. The maximum Gasteiger partial charge on any atom is 0.247 e. The molecule has 1 N–H and O–H groups in total. The van der Waals surface area contributed by atoms with Crippen LogP contribution in [0.4, 0.5) is 11.4 Å². The third kappa shape index (κ3) is 6.68. The van der Waals surface area contributed by atoms with Gasteiger partial charge in [0.15, 0.2) is 0 Å². The van der Waals surface area contributed by atoms with Gasteiger partial charge in [0.05, 0.1) is 24.0 Å². The van der Waals surface area contributed by atoms with Crippen LogP contribution in [0.1, 0.15) is 31.7 Å². The molecular weight excluding hydrogens is 496 g/mol. The molecule has 0 radical (unpaired) electrons. The Morgan fingerprint density at radius 3 is 2.39 bits per heavy atom. The highest BCUT2D eigenvalue weighted by molar-refractivity contribution is 8.00. The molecule has 36 heavy (non-hydrogen) atoms. The van der Waals surface area contributed by atoms with E-state index in [0.29, 0.717) is 23.0 Å². The largest absolute Gasteiger partial charge is 0.494 e. The van der Waals surface area contributed by atoms with Gasteiger partial charge in [0.1, 0.15) is 5.75 Å². The number of amides is 3. The summed E-state index contributed by atoms with van der Waals surface area (Å²) in [6.07, 6.45) is 2.40. The molecule has 1 unspecified atom stereocenters. The van der Waals surface area contributed by atoms with Crippen LogP contribution in [0.15, 0.2) is 77.7 Å². The Morgan fingerprint density at radius 2 is 1.72 bits per heavy atom. The van der Waals surface area contributed by atoms with Gasteiger partial charge in [0.2, 0.25) is 17.7 Å². The Labute approximate surface area is 220 Å². The van der Waals surface area contributed by atoms with Crippen molar-refractivity contribution < 1.29 is 19.1 Å². The summed E-state index contributed by atoms with van der Waals surface area (Å²) >= 11 is 7.23. The monoisotopic (exact) mass is 522 g/mol. The first-order valence-corrected chi connectivity index (χ1v) is 13.1. The third-order valence-corrected chi connectivity index (χ3v) is 7.11. The van der Waals surface area contributed by atoms with E-state index >= 15 is 0 Å². The first-order chi connectivity index (χ1) is 17.4. The number of anilines is 2. The molecule has 1 fully saturated rings. The zero-order valence-corrected chi connectivity index (χ0v) is 21.5. The Morgan fingerprint density at radius 1 is 1.03 bits per heavy atom. The molecular formula is C28H27ClN2O4S. The third-order valence-electron chi connectivity index (χ3n) is 5.66. The summed E-state index contributed by atoms with van der Waals surface area (Å²) in [5, 5.41) is 3.00. The van der Waals surface area contributed by atoms with Gasteiger partial charge in [-0.2, -0.15) is 0 Å². The predicted molar refractivity (Wildman–Crippen MR) is 144 cm³/mol. The number of nitrogens with one attached hydrogen (secondary N) is 1. The van der Waals surface area contributed by atoms with Crippen molar-refractivity contribution in [2.24, 2.45) is 0 Å². The minimum Gasteiger partial charge on any atom is -0.494 e. The van der Waals surface area contributed by atoms with E-state index in [-0.39, 0.29) is 30.6 Å². The summed E-state index contributed by atoms with van der Waals surface area (Å²) in [4.78, 5) is 40.1. The Kier molecular flexibility index (Phi) is 8.67. The molecule has 0 aromatic heterocycles. The summed E-state index contributed by atoms with van der Waals surface area (Å²) in [5.41, 5.74) is 2.08. The van der Waals surface area contributed by atoms with Crippen molar-refractivity contribution in [2.75, 3.05) is 16.8 Å². The number of benzene rings is 3. The van der Waals surface area contributed by atoms with Gasteiger partial charge in [0.25, 0.3) is 0 Å². The Bertz CT molecular complexity index is 1210. The van der Waals surface area contributed by atoms with Crippen LogP contribution >= 0.6 is 23.4 Å². The lowest BCUT2D eigenvalue weighted by Gasteiger charge is -2.16. The van der Waals surface area contributed by atoms with Crippen molar-refractivity contribution in [3.05, 3.63) is 83.4 Å². The number of nitrogens with zero attached hydrogens (tertiary/aromatic N) is 1. The van der Waals surface area contributed by atoms with E-state index in [1.54, 1.807) is 48.5 Å². The molecule has 6 nitrogen and oxygen atoms in total. The second-order valence-electron chi connectivity index (χ2n) is 8.45. The number of carbonyl (C=O) groups is 3. The summed E-state index contributed by atoms with van der Waals surface area (Å²) in [5.74, 6) is 0.137. The molecule has 1 heterocycles. The van der Waals surface area contributed by atoms with E-state index in [4.69, 9.17) is 16.3 Å². The number of halogens is 1. The first kappa shape index (κ1) is 25.8. The fraction of sp³-hybridized carbons (Fsp3) is 0.250. The number of ether oxygens (including phenoxy) is 1. The number of hydrogen-bond acceptors (Lipinski definition) is 5. The number of unbranched alkanes of at least 4 members (excludes halogenated alkanes) is 1. The summed E-state index contributed by atoms with van der Waals surface area (Å²) in [6, 6.07) is 21.5. The van der Waals surface area contributed by atoms with E-state index in [1.165, 1.54) is 16.7 Å².